The molecule has 0 heterocycles. The van der Waals surface area contributed by atoms with E-state index in [9.17, 15) is 4.79 Å². The molecular weight excluding hydrogens is 262 g/mol. The van der Waals surface area contributed by atoms with Gasteiger partial charge in [0.1, 0.15) is 5.75 Å². The van der Waals surface area contributed by atoms with Crippen LogP contribution in [0.4, 0.5) is 0 Å². The van der Waals surface area contributed by atoms with Crippen molar-refractivity contribution in [2.45, 2.75) is 19.8 Å². The van der Waals surface area contributed by atoms with Crippen LogP contribution in [-0.4, -0.2) is 24.7 Å². The highest BCUT2D eigenvalue weighted by atomic mass is 32.1. The molecule has 0 bridgehead atoms. The summed E-state index contributed by atoms with van der Waals surface area (Å²) in [5.74, 6) is 0.462. The highest BCUT2D eigenvalue weighted by Crippen LogP contribution is 2.10. The van der Waals surface area contributed by atoms with Crippen LogP contribution in [0.5, 0.6) is 5.75 Å². The van der Waals surface area contributed by atoms with Gasteiger partial charge in [0.25, 0.3) is 5.91 Å². The Bertz CT molecular complexity index is 420. The third kappa shape index (κ3) is 5.56. The second kappa shape index (κ2) is 8.31. The number of methoxy groups -OCH3 is 1. The molecule has 0 spiro atoms. The lowest BCUT2D eigenvalue weighted by Gasteiger charge is -2.11. The van der Waals surface area contributed by atoms with Gasteiger partial charge in [0.05, 0.1) is 7.11 Å². The third-order valence-electron chi connectivity index (χ3n) is 2.46. The van der Waals surface area contributed by atoms with Crippen molar-refractivity contribution in [1.82, 2.24) is 16.2 Å². The van der Waals surface area contributed by atoms with E-state index in [1.807, 2.05) is 0 Å². The second-order valence-electron chi connectivity index (χ2n) is 3.92. The Morgan fingerprint density at radius 2 is 1.95 bits per heavy atom. The molecule has 0 fully saturated rings. The summed E-state index contributed by atoms with van der Waals surface area (Å²) in [6.07, 6.45) is 2.13. The van der Waals surface area contributed by atoms with E-state index >= 15 is 0 Å². The maximum atomic E-state index is 11.8. The lowest BCUT2D eigenvalue weighted by Crippen LogP contribution is -2.46. The summed E-state index contributed by atoms with van der Waals surface area (Å²) < 4.78 is 5.02. The van der Waals surface area contributed by atoms with Gasteiger partial charge in [-0.05, 0) is 42.9 Å². The largest absolute Gasteiger partial charge is 0.497 e. The molecule has 6 heteroatoms. The third-order valence-corrected chi connectivity index (χ3v) is 2.70. The van der Waals surface area contributed by atoms with Crippen LogP contribution in [0.2, 0.25) is 0 Å². The number of hydrogen-bond acceptors (Lipinski definition) is 3. The first-order chi connectivity index (χ1) is 9.17. The summed E-state index contributed by atoms with van der Waals surface area (Å²) in [5, 5.41) is 3.41. The molecule has 1 aromatic rings. The highest BCUT2D eigenvalue weighted by Gasteiger charge is 2.05. The van der Waals surface area contributed by atoms with Crippen molar-refractivity contribution in [1.29, 1.82) is 0 Å². The maximum Gasteiger partial charge on any atom is 0.269 e. The van der Waals surface area contributed by atoms with Crippen molar-refractivity contribution < 1.29 is 9.53 Å². The number of ether oxygens (including phenoxy) is 1. The monoisotopic (exact) mass is 281 g/mol. The molecule has 3 N–H and O–H groups in total. The minimum atomic E-state index is -0.248. The van der Waals surface area contributed by atoms with E-state index in [-0.39, 0.29) is 5.91 Å². The van der Waals surface area contributed by atoms with Crippen LogP contribution >= 0.6 is 12.2 Å². The Labute approximate surface area is 118 Å². The first-order valence-corrected chi connectivity index (χ1v) is 6.56. The van der Waals surface area contributed by atoms with Crippen LogP contribution in [0.25, 0.3) is 0 Å². The molecule has 0 aliphatic carbocycles. The van der Waals surface area contributed by atoms with Gasteiger partial charge in [-0.15, -0.1) is 0 Å². The molecule has 19 heavy (non-hydrogen) atoms. The van der Waals surface area contributed by atoms with E-state index in [2.05, 4.69) is 23.1 Å². The molecule has 0 aliphatic heterocycles. The lowest BCUT2D eigenvalue weighted by atomic mass is 10.2. The van der Waals surface area contributed by atoms with E-state index in [0.717, 1.165) is 19.4 Å². The summed E-state index contributed by atoms with van der Waals surface area (Å²) in [4.78, 5) is 11.8. The molecule has 104 valence electrons. The van der Waals surface area contributed by atoms with E-state index in [1.165, 1.54) is 0 Å². The van der Waals surface area contributed by atoms with E-state index in [0.29, 0.717) is 16.4 Å². The maximum absolute atomic E-state index is 11.8. The number of carbonyl (C=O) groups excluding carboxylic acids is 1. The summed E-state index contributed by atoms with van der Waals surface area (Å²) in [6.45, 7) is 2.89. The number of hydrogen-bond donors (Lipinski definition) is 3. The van der Waals surface area contributed by atoms with Crippen LogP contribution in [0.3, 0.4) is 0 Å². The molecule has 0 unspecified atom stereocenters. The topological polar surface area (TPSA) is 62.4 Å². The zero-order valence-electron chi connectivity index (χ0n) is 11.2. The van der Waals surface area contributed by atoms with Crippen molar-refractivity contribution >= 4 is 23.2 Å². The van der Waals surface area contributed by atoms with Gasteiger partial charge in [-0.3, -0.25) is 15.6 Å². The standard InChI is InChI=1S/C13H19N3O2S/c1-3-4-9-14-13(19)16-15-12(17)10-5-7-11(18-2)8-6-10/h5-8H,3-4,9H2,1-2H3,(H,15,17)(H2,14,16,19). The van der Waals surface area contributed by atoms with Crippen molar-refractivity contribution in [3.63, 3.8) is 0 Å². The first-order valence-electron chi connectivity index (χ1n) is 6.15. The van der Waals surface area contributed by atoms with Crippen molar-refractivity contribution in [2.24, 2.45) is 0 Å². The van der Waals surface area contributed by atoms with E-state index in [1.54, 1.807) is 31.4 Å². The fourth-order valence-corrected chi connectivity index (χ4v) is 1.50. The Morgan fingerprint density at radius 1 is 1.26 bits per heavy atom. The minimum Gasteiger partial charge on any atom is -0.497 e. The van der Waals surface area contributed by atoms with Gasteiger partial charge in [-0.25, -0.2) is 0 Å². The SMILES string of the molecule is CCCCNC(=S)NNC(=O)c1ccc(OC)cc1. The molecule has 1 amide bonds. The molecule has 1 rings (SSSR count). The summed E-state index contributed by atoms with van der Waals surface area (Å²) in [5.41, 5.74) is 5.72. The Kier molecular flexibility index (Phi) is 6.67. The quantitative estimate of drug-likeness (QED) is 0.435. The van der Waals surface area contributed by atoms with Gasteiger partial charge in [-0.2, -0.15) is 0 Å². The summed E-state index contributed by atoms with van der Waals surface area (Å²) in [7, 11) is 1.58. The summed E-state index contributed by atoms with van der Waals surface area (Å²) >= 11 is 5.02. The molecule has 0 radical (unpaired) electrons. The second-order valence-corrected chi connectivity index (χ2v) is 4.33. The molecule has 1 aromatic carbocycles. The number of thiocarbonyl (C=S) groups is 1. The van der Waals surface area contributed by atoms with Crippen LogP contribution in [0.15, 0.2) is 24.3 Å². The number of nitrogens with one attached hydrogen (secondary N) is 3. The predicted molar refractivity (Wildman–Crippen MR) is 79.1 cm³/mol. The zero-order chi connectivity index (χ0) is 14.1. The Hall–Kier alpha value is -1.82. The minimum absolute atomic E-state index is 0.248. The predicted octanol–water partition coefficient (Wildman–Crippen LogP) is 1.60. The van der Waals surface area contributed by atoms with Crippen LogP contribution in [0, 0.1) is 0 Å². The van der Waals surface area contributed by atoms with Gasteiger partial charge >= 0.3 is 0 Å². The fourth-order valence-electron chi connectivity index (χ4n) is 1.35. The van der Waals surface area contributed by atoms with E-state index in [4.69, 9.17) is 17.0 Å². The number of benzene rings is 1. The normalized spacial score (nSPS) is 9.58. The molecular formula is C13H19N3O2S. The number of amides is 1. The fraction of sp³-hybridized carbons (Fsp3) is 0.385. The number of rotatable bonds is 5. The van der Waals surface area contributed by atoms with Gasteiger partial charge in [-0.1, -0.05) is 13.3 Å². The number of hydrazine groups is 1. The van der Waals surface area contributed by atoms with E-state index < -0.39 is 0 Å². The van der Waals surface area contributed by atoms with Crippen LogP contribution < -0.4 is 20.9 Å². The average Bonchev–Trinajstić information content (AvgIpc) is 2.45. The van der Waals surface area contributed by atoms with Crippen molar-refractivity contribution in [3.8, 4) is 5.75 Å². The Morgan fingerprint density at radius 3 is 2.53 bits per heavy atom. The first kappa shape index (κ1) is 15.2. The molecule has 5 nitrogen and oxygen atoms in total. The van der Waals surface area contributed by atoms with Crippen molar-refractivity contribution in [2.75, 3.05) is 13.7 Å². The average molecular weight is 281 g/mol. The molecule has 0 aromatic heterocycles. The number of carbonyl (C=O) groups is 1. The molecule has 0 aliphatic rings. The molecule has 0 saturated carbocycles. The molecule has 0 atom stereocenters. The molecule has 0 saturated heterocycles. The lowest BCUT2D eigenvalue weighted by molar-refractivity contribution is 0.0943. The zero-order valence-corrected chi connectivity index (χ0v) is 12.0. The Balaban J connectivity index is 2.35. The highest BCUT2D eigenvalue weighted by molar-refractivity contribution is 7.80. The van der Waals surface area contributed by atoms with Gasteiger partial charge in [0, 0.05) is 12.1 Å². The smallest absolute Gasteiger partial charge is 0.269 e. The van der Waals surface area contributed by atoms with Gasteiger partial charge in [0.2, 0.25) is 0 Å². The summed E-state index contributed by atoms with van der Waals surface area (Å²) in [6, 6.07) is 6.83. The van der Waals surface area contributed by atoms with Gasteiger partial charge < -0.3 is 10.1 Å². The van der Waals surface area contributed by atoms with Crippen molar-refractivity contribution in [3.05, 3.63) is 29.8 Å². The van der Waals surface area contributed by atoms with Crippen LogP contribution in [-0.2, 0) is 0 Å². The van der Waals surface area contributed by atoms with Crippen LogP contribution in [0.1, 0.15) is 30.1 Å². The number of unbranched alkanes of at least 4 members (excludes halogenated alkanes) is 1. The van der Waals surface area contributed by atoms with Gasteiger partial charge in [0.15, 0.2) is 5.11 Å².